The maximum absolute atomic E-state index is 13.4. The van der Waals surface area contributed by atoms with Gasteiger partial charge in [0.25, 0.3) is 0 Å². The quantitative estimate of drug-likeness (QED) is 0.197. The number of allylic oxidation sites excluding steroid dienone is 6. The number of ether oxygens (including phenoxy) is 1. The van der Waals surface area contributed by atoms with Gasteiger partial charge >= 0.3 is 12.1 Å². The molecule has 1 aromatic carbocycles. The van der Waals surface area contributed by atoms with E-state index in [0.29, 0.717) is 17.2 Å². The molecule has 0 radical (unpaired) electrons. The molecule has 208 valence electrons. The van der Waals surface area contributed by atoms with Crippen LogP contribution in [0.5, 0.6) is 0 Å². The van der Waals surface area contributed by atoms with Gasteiger partial charge in [0.2, 0.25) is 17.2 Å². The van der Waals surface area contributed by atoms with Crippen LogP contribution in [0.4, 0.5) is 13.2 Å². The Kier molecular flexibility index (Phi) is 9.11. The van der Waals surface area contributed by atoms with E-state index in [0.717, 1.165) is 31.1 Å². The summed E-state index contributed by atoms with van der Waals surface area (Å²) in [6.07, 6.45) is 5.65. The number of carbonyl (C=O) groups is 3. The van der Waals surface area contributed by atoms with Crippen molar-refractivity contribution in [3.63, 3.8) is 0 Å². The molecule has 0 aromatic heterocycles. The largest absolute Gasteiger partial charge is 0.443 e. The summed E-state index contributed by atoms with van der Waals surface area (Å²) in [5.74, 6) is -1.99. The van der Waals surface area contributed by atoms with Crippen LogP contribution in [0.25, 0.3) is 0 Å². The molecule has 1 aliphatic carbocycles. The number of esters is 1. The van der Waals surface area contributed by atoms with Crippen LogP contribution in [0.2, 0.25) is 0 Å². The van der Waals surface area contributed by atoms with Crippen LogP contribution in [0.15, 0.2) is 82.2 Å². The van der Waals surface area contributed by atoms with Crippen LogP contribution in [0, 0.1) is 5.92 Å². The fourth-order valence-electron chi connectivity index (χ4n) is 4.37. The highest BCUT2D eigenvalue weighted by Crippen LogP contribution is 2.39. The second-order valence-electron chi connectivity index (χ2n) is 9.90. The molecule has 2 atom stereocenters. The average Bonchev–Trinajstić information content (AvgIpc) is 2.87. The van der Waals surface area contributed by atoms with Crippen molar-refractivity contribution in [2.75, 3.05) is 6.54 Å². The summed E-state index contributed by atoms with van der Waals surface area (Å²) in [4.78, 5) is 39.8. The summed E-state index contributed by atoms with van der Waals surface area (Å²) in [6.45, 7) is 8.65. The molecule has 0 saturated heterocycles. The molecule has 0 unspecified atom stereocenters. The lowest BCUT2D eigenvalue weighted by Crippen LogP contribution is -2.52. The average molecular weight is 562 g/mol. The number of Topliss-reactive ketones (excluding diaryl/α,β-unsaturated/α-hetero) is 2. The van der Waals surface area contributed by atoms with E-state index in [-0.39, 0.29) is 29.1 Å². The number of ketones is 2. The van der Waals surface area contributed by atoms with Gasteiger partial charge in [-0.05, 0) is 50.0 Å². The predicted octanol–water partition coefficient (Wildman–Crippen LogP) is 6.85. The van der Waals surface area contributed by atoms with Crippen molar-refractivity contribution >= 4 is 29.1 Å². The second kappa shape index (κ2) is 11.8. The minimum atomic E-state index is -4.46. The van der Waals surface area contributed by atoms with E-state index < -0.39 is 34.9 Å². The van der Waals surface area contributed by atoms with Crippen LogP contribution >= 0.6 is 11.6 Å². The summed E-state index contributed by atoms with van der Waals surface area (Å²) in [5.41, 5.74) is -0.515. The number of hydrogen-bond donors (Lipinski definition) is 0. The molecule has 0 spiro atoms. The molecular formula is C30H31ClF3NO4. The maximum atomic E-state index is 13.4. The predicted molar refractivity (Wildman–Crippen MR) is 143 cm³/mol. The molecule has 0 bridgehead atoms. The molecule has 1 aliphatic heterocycles. The zero-order valence-corrected chi connectivity index (χ0v) is 23.2. The molecular weight excluding hydrogens is 531 g/mol. The zero-order valence-electron chi connectivity index (χ0n) is 22.5. The Hall–Kier alpha value is -3.39. The smallest absolute Gasteiger partial charge is 0.416 e. The van der Waals surface area contributed by atoms with Crippen molar-refractivity contribution in [3.8, 4) is 0 Å². The third-order valence-electron chi connectivity index (χ3n) is 6.70. The number of halogens is 4. The first kappa shape index (κ1) is 30.2. The van der Waals surface area contributed by atoms with Crippen molar-refractivity contribution in [1.82, 2.24) is 4.90 Å². The van der Waals surface area contributed by atoms with Crippen molar-refractivity contribution in [2.45, 2.75) is 59.2 Å². The van der Waals surface area contributed by atoms with Crippen molar-refractivity contribution < 1.29 is 32.3 Å². The van der Waals surface area contributed by atoms with Gasteiger partial charge in [0.05, 0.1) is 10.6 Å². The van der Waals surface area contributed by atoms with Crippen LogP contribution in [-0.2, 0) is 31.7 Å². The van der Waals surface area contributed by atoms with Gasteiger partial charge in [-0.15, -0.1) is 0 Å². The summed E-state index contributed by atoms with van der Waals surface area (Å²) < 4.78 is 44.8. The SMILES string of the molecule is CC[C@H](C)/C=C(C)/C=C/C1=CC2=C(Cl)C(=O)[C@](C)(OC(C)=O)C(=O)C2=CN1CCc1cccc(C(F)(F)F)c1. The monoisotopic (exact) mass is 561 g/mol. The number of benzene rings is 1. The van der Waals surface area contributed by atoms with Gasteiger partial charge in [-0.2, -0.15) is 13.2 Å². The molecule has 0 saturated carbocycles. The molecule has 1 aromatic rings. The van der Waals surface area contributed by atoms with Gasteiger partial charge in [0.1, 0.15) is 0 Å². The first-order valence-electron chi connectivity index (χ1n) is 12.6. The minimum Gasteiger partial charge on any atom is -0.443 e. The Balaban J connectivity index is 2.04. The first-order chi connectivity index (χ1) is 18.2. The molecule has 9 heteroatoms. The lowest BCUT2D eigenvalue weighted by Gasteiger charge is -2.35. The Bertz CT molecular complexity index is 1340. The molecule has 0 N–H and O–H groups in total. The number of carbonyl (C=O) groups excluding carboxylic acids is 3. The van der Waals surface area contributed by atoms with Gasteiger partial charge in [0, 0.05) is 36.5 Å². The summed E-state index contributed by atoms with van der Waals surface area (Å²) in [7, 11) is 0. The van der Waals surface area contributed by atoms with Crippen molar-refractivity contribution in [3.05, 3.63) is 93.3 Å². The van der Waals surface area contributed by atoms with Gasteiger partial charge in [0.15, 0.2) is 0 Å². The van der Waals surface area contributed by atoms with Gasteiger partial charge < -0.3 is 9.64 Å². The number of hydrogen-bond acceptors (Lipinski definition) is 5. The highest BCUT2D eigenvalue weighted by molar-refractivity contribution is 6.49. The van der Waals surface area contributed by atoms with E-state index in [9.17, 15) is 27.6 Å². The summed E-state index contributed by atoms with van der Waals surface area (Å²) in [6, 6.07) is 5.07. The van der Waals surface area contributed by atoms with Crippen molar-refractivity contribution in [1.29, 1.82) is 0 Å². The third-order valence-corrected chi connectivity index (χ3v) is 7.07. The lowest BCUT2D eigenvalue weighted by atomic mass is 9.79. The van der Waals surface area contributed by atoms with E-state index in [4.69, 9.17) is 16.3 Å². The number of rotatable bonds is 8. The van der Waals surface area contributed by atoms with E-state index in [2.05, 4.69) is 19.9 Å². The normalized spacial score (nSPS) is 21.2. The Morgan fingerprint density at radius 3 is 2.51 bits per heavy atom. The molecule has 39 heavy (non-hydrogen) atoms. The fourth-order valence-corrected chi connectivity index (χ4v) is 4.71. The third kappa shape index (κ3) is 6.79. The highest BCUT2D eigenvalue weighted by Gasteiger charge is 2.52. The molecule has 1 heterocycles. The molecule has 0 fully saturated rings. The van der Waals surface area contributed by atoms with E-state index in [1.54, 1.807) is 23.1 Å². The van der Waals surface area contributed by atoms with Gasteiger partial charge in [-0.25, -0.2) is 0 Å². The van der Waals surface area contributed by atoms with E-state index in [1.807, 2.05) is 13.0 Å². The Morgan fingerprint density at radius 2 is 1.90 bits per heavy atom. The summed E-state index contributed by atoms with van der Waals surface area (Å²) in [5, 5.41) is -0.236. The van der Waals surface area contributed by atoms with E-state index in [1.165, 1.54) is 19.2 Å². The number of alkyl halides is 3. The van der Waals surface area contributed by atoms with Gasteiger partial charge in [-0.3, -0.25) is 14.4 Å². The summed E-state index contributed by atoms with van der Waals surface area (Å²) >= 11 is 6.41. The Morgan fingerprint density at radius 1 is 1.21 bits per heavy atom. The topological polar surface area (TPSA) is 63.7 Å². The minimum absolute atomic E-state index is 0.0800. The van der Waals surface area contributed by atoms with Crippen LogP contribution < -0.4 is 0 Å². The van der Waals surface area contributed by atoms with Crippen molar-refractivity contribution in [2.24, 2.45) is 5.92 Å². The lowest BCUT2D eigenvalue weighted by molar-refractivity contribution is -0.167. The number of fused-ring (bicyclic) bond motifs is 1. The Labute approximate surface area is 231 Å². The van der Waals surface area contributed by atoms with E-state index >= 15 is 0 Å². The second-order valence-corrected chi connectivity index (χ2v) is 10.3. The molecule has 0 amide bonds. The van der Waals surface area contributed by atoms with Crippen LogP contribution in [0.3, 0.4) is 0 Å². The standard InChI is InChI=1S/C30H31ClF3NO4/c1-6-18(2)14-19(3)10-11-23-16-24-25(27(37)29(5,39-20(4)36)28(38)26(24)31)17-35(23)13-12-21-8-7-9-22(15-21)30(32,33)34/h7-11,14-18H,6,12-13H2,1-5H3/b11-10+,19-14+/t18-,29+/m0/s1. The molecule has 5 nitrogen and oxygen atoms in total. The zero-order chi connectivity index (χ0) is 29.1. The highest BCUT2D eigenvalue weighted by atomic mass is 35.5. The molecule has 2 aliphatic rings. The molecule has 3 rings (SSSR count). The maximum Gasteiger partial charge on any atom is 0.416 e. The van der Waals surface area contributed by atoms with Crippen LogP contribution in [-0.4, -0.2) is 34.6 Å². The fraction of sp³-hybridized carbons (Fsp3) is 0.367. The van der Waals surface area contributed by atoms with Crippen LogP contribution in [0.1, 0.15) is 52.2 Å². The first-order valence-corrected chi connectivity index (χ1v) is 13.0. The number of nitrogens with zero attached hydrogens (tertiary/aromatic N) is 1. The van der Waals surface area contributed by atoms with Gasteiger partial charge in [-0.1, -0.05) is 67.8 Å².